The third-order valence-electron chi connectivity index (χ3n) is 5.39. The number of aliphatic hydroxyl groups is 1. The van der Waals surface area contributed by atoms with Crippen LogP contribution in [0.2, 0.25) is 0 Å². The molecule has 0 saturated carbocycles. The van der Waals surface area contributed by atoms with Crippen molar-refractivity contribution in [3.8, 4) is 11.1 Å². The Morgan fingerprint density at radius 1 is 0.970 bits per heavy atom. The molecule has 1 aromatic heterocycles. The number of nitrogens with one attached hydrogen (secondary N) is 2. The average Bonchev–Trinajstić information content (AvgIpc) is 3.15. The van der Waals surface area contributed by atoms with Crippen LogP contribution in [0.3, 0.4) is 0 Å². The SMILES string of the molecule is O=C(Nc1cccnc1C(=O)N[C@@H](CO)C(=O)O)OCC1c2ccccc2-c2ccccc21. The molecule has 1 atom stereocenters. The molecule has 3 aromatic rings. The van der Waals surface area contributed by atoms with Gasteiger partial charge in [0.2, 0.25) is 0 Å². The molecule has 1 heterocycles. The molecule has 0 spiro atoms. The van der Waals surface area contributed by atoms with E-state index in [0.717, 1.165) is 22.3 Å². The van der Waals surface area contributed by atoms with Gasteiger partial charge < -0.3 is 20.3 Å². The summed E-state index contributed by atoms with van der Waals surface area (Å²) in [5.74, 6) is -2.38. The molecular formula is C24H21N3O6. The van der Waals surface area contributed by atoms with Crippen LogP contribution >= 0.6 is 0 Å². The second kappa shape index (κ2) is 9.49. The Bertz CT molecular complexity index is 1170. The van der Waals surface area contributed by atoms with Gasteiger partial charge >= 0.3 is 12.1 Å². The lowest BCUT2D eigenvalue weighted by molar-refractivity contribution is -0.140. The number of amides is 2. The lowest BCUT2D eigenvalue weighted by atomic mass is 9.98. The van der Waals surface area contributed by atoms with E-state index in [1.54, 1.807) is 0 Å². The van der Waals surface area contributed by atoms with E-state index in [0.29, 0.717) is 0 Å². The molecule has 1 aliphatic carbocycles. The maximum Gasteiger partial charge on any atom is 0.411 e. The van der Waals surface area contributed by atoms with Crippen molar-refractivity contribution < 1.29 is 29.3 Å². The predicted octanol–water partition coefficient (Wildman–Crippen LogP) is 2.62. The van der Waals surface area contributed by atoms with Gasteiger partial charge in [0.25, 0.3) is 5.91 Å². The van der Waals surface area contributed by atoms with Crippen molar-refractivity contribution in [2.24, 2.45) is 0 Å². The normalized spacial score (nSPS) is 12.9. The highest BCUT2D eigenvalue weighted by Crippen LogP contribution is 2.44. The zero-order valence-corrected chi connectivity index (χ0v) is 17.4. The van der Waals surface area contributed by atoms with Gasteiger partial charge in [-0.15, -0.1) is 0 Å². The minimum Gasteiger partial charge on any atom is -0.480 e. The summed E-state index contributed by atoms with van der Waals surface area (Å²) in [7, 11) is 0. The molecule has 4 N–H and O–H groups in total. The molecule has 9 nitrogen and oxygen atoms in total. The smallest absolute Gasteiger partial charge is 0.411 e. The van der Waals surface area contributed by atoms with Crippen LogP contribution in [0.25, 0.3) is 11.1 Å². The molecule has 1 aliphatic rings. The number of rotatable bonds is 7. The zero-order chi connectivity index (χ0) is 23.4. The Hall–Kier alpha value is -4.24. The second-order valence-corrected chi connectivity index (χ2v) is 7.40. The van der Waals surface area contributed by atoms with Gasteiger partial charge in [-0.05, 0) is 34.4 Å². The molecule has 168 valence electrons. The summed E-state index contributed by atoms with van der Waals surface area (Å²) in [5.41, 5.74) is 4.18. The molecular weight excluding hydrogens is 426 g/mol. The van der Waals surface area contributed by atoms with Crippen molar-refractivity contribution in [1.82, 2.24) is 10.3 Å². The molecule has 4 rings (SSSR count). The summed E-state index contributed by atoms with van der Waals surface area (Å²) in [6, 6.07) is 17.3. The Kier molecular flexibility index (Phi) is 6.32. The van der Waals surface area contributed by atoms with E-state index in [4.69, 9.17) is 14.9 Å². The Morgan fingerprint density at radius 3 is 2.21 bits per heavy atom. The van der Waals surface area contributed by atoms with Crippen LogP contribution in [0, 0.1) is 0 Å². The van der Waals surface area contributed by atoms with E-state index in [-0.39, 0.29) is 23.9 Å². The van der Waals surface area contributed by atoms with Gasteiger partial charge in [0.1, 0.15) is 6.61 Å². The number of anilines is 1. The summed E-state index contributed by atoms with van der Waals surface area (Å²) in [6.45, 7) is -0.698. The quantitative estimate of drug-likeness (QED) is 0.437. The molecule has 0 aliphatic heterocycles. The second-order valence-electron chi connectivity index (χ2n) is 7.40. The van der Waals surface area contributed by atoms with Crippen molar-refractivity contribution in [2.45, 2.75) is 12.0 Å². The third kappa shape index (κ3) is 4.53. The number of hydrogen-bond donors (Lipinski definition) is 4. The fourth-order valence-corrected chi connectivity index (χ4v) is 3.84. The number of ether oxygens (including phenoxy) is 1. The summed E-state index contributed by atoms with van der Waals surface area (Å²) >= 11 is 0. The highest BCUT2D eigenvalue weighted by atomic mass is 16.5. The monoisotopic (exact) mass is 447 g/mol. The zero-order valence-electron chi connectivity index (χ0n) is 17.4. The van der Waals surface area contributed by atoms with Gasteiger partial charge in [-0.3, -0.25) is 10.1 Å². The molecule has 0 fully saturated rings. The van der Waals surface area contributed by atoms with E-state index in [2.05, 4.69) is 15.6 Å². The molecule has 0 radical (unpaired) electrons. The number of fused-ring (bicyclic) bond motifs is 3. The van der Waals surface area contributed by atoms with Crippen LogP contribution in [-0.4, -0.2) is 52.4 Å². The third-order valence-corrected chi connectivity index (χ3v) is 5.39. The molecule has 0 bridgehead atoms. The van der Waals surface area contributed by atoms with E-state index >= 15 is 0 Å². The van der Waals surface area contributed by atoms with E-state index in [1.807, 2.05) is 48.5 Å². The maximum atomic E-state index is 12.5. The number of carbonyl (C=O) groups excluding carboxylic acids is 2. The number of aliphatic hydroxyl groups excluding tert-OH is 1. The highest BCUT2D eigenvalue weighted by molar-refractivity contribution is 6.02. The Labute approximate surface area is 189 Å². The van der Waals surface area contributed by atoms with Gasteiger partial charge in [0, 0.05) is 12.1 Å². The molecule has 33 heavy (non-hydrogen) atoms. The van der Waals surface area contributed by atoms with E-state index in [9.17, 15) is 14.4 Å². The van der Waals surface area contributed by atoms with Crippen LogP contribution in [0.1, 0.15) is 27.5 Å². The number of pyridine rings is 1. The number of aliphatic carboxylic acids is 1. The number of carboxylic acid groups (broad SMARTS) is 1. The molecule has 2 amide bonds. The molecule has 9 heteroatoms. The first kappa shape index (κ1) is 22.0. The summed E-state index contributed by atoms with van der Waals surface area (Å²) < 4.78 is 5.48. The first-order valence-corrected chi connectivity index (χ1v) is 10.2. The number of carboxylic acids is 1. The standard InChI is InChI=1S/C24H21N3O6/c28-12-20(23(30)31)26-22(29)21-19(10-5-11-25-21)27-24(32)33-13-18-16-8-3-1-6-14(16)15-7-2-4-9-17(15)18/h1-11,18,20,28H,12-13H2,(H,26,29)(H,27,32)(H,30,31)/t20-/m0/s1. The number of hydrogen-bond acceptors (Lipinski definition) is 6. The average molecular weight is 447 g/mol. The van der Waals surface area contributed by atoms with E-state index in [1.165, 1.54) is 18.3 Å². The molecule has 0 unspecified atom stereocenters. The number of aromatic nitrogens is 1. The first-order chi connectivity index (χ1) is 16.0. The van der Waals surface area contributed by atoms with Crippen LogP contribution in [0.4, 0.5) is 10.5 Å². The van der Waals surface area contributed by atoms with Gasteiger partial charge in [0.15, 0.2) is 11.7 Å². The van der Waals surface area contributed by atoms with Crippen LogP contribution in [0.15, 0.2) is 66.9 Å². The minimum atomic E-state index is -1.50. The van der Waals surface area contributed by atoms with Crippen molar-refractivity contribution in [3.05, 3.63) is 83.7 Å². The minimum absolute atomic E-state index is 0.0503. The summed E-state index contributed by atoms with van der Waals surface area (Å²) in [6.07, 6.45) is 0.544. The van der Waals surface area contributed by atoms with Crippen LogP contribution < -0.4 is 10.6 Å². The largest absolute Gasteiger partial charge is 0.480 e. The fourth-order valence-electron chi connectivity index (χ4n) is 3.84. The fraction of sp³-hybridized carbons (Fsp3) is 0.167. The van der Waals surface area contributed by atoms with Crippen LogP contribution in [-0.2, 0) is 9.53 Å². The summed E-state index contributed by atoms with van der Waals surface area (Å²) in [5, 5.41) is 22.8. The first-order valence-electron chi connectivity index (χ1n) is 10.2. The van der Waals surface area contributed by atoms with Gasteiger partial charge in [0.05, 0.1) is 12.3 Å². The topological polar surface area (TPSA) is 138 Å². The lowest BCUT2D eigenvalue weighted by Crippen LogP contribution is -2.43. The van der Waals surface area contributed by atoms with Gasteiger partial charge in [-0.2, -0.15) is 0 Å². The number of carbonyl (C=O) groups is 3. The van der Waals surface area contributed by atoms with Crippen molar-refractivity contribution in [3.63, 3.8) is 0 Å². The number of benzene rings is 2. The van der Waals surface area contributed by atoms with Gasteiger partial charge in [-0.1, -0.05) is 48.5 Å². The summed E-state index contributed by atoms with van der Waals surface area (Å²) in [4.78, 5) is 39.9. The maximum absolute atomic E-state index is 12.5. The molecule has 0 saturated heterocycles. The number of nitrogens with zero attached hydrogens (tertiary/aromatic N) is 1. The Morgan fingerprint density at radius 2 is 1.61 bits per heavy atom. The lowest BCUT2D eigenvalue weighted by Gasteiger charge is -2.16. The van der Waals surface area contributed by atoms with Crippen molar-refractivity contribution >= 4 is 23.7 Å². The Balaban J connectivity index is 1.46. The highest BCUT2D eigenvalue weighted by Gasteiger charge is 2.29. The van der Waals surface area contributed by atoms with E-state index < -0.39 is 30.6 Å². The van der Waals surface area contributed by atoms with Crippen molar-refractivity contribution in [1.29, 1.82) is 0 Å². The van der Waals surface area contributed by atoms with Crippen molar-refractivity contribution in [2.75, 3.05) is 18.5 Å². The predicted molar refractivity (Wildman–Crippen MR) is 119 cm³/mol. The van der Waals surface area contributed by atoms with Gasteiger partial charge in [-0.25, -0.2) is 14.6 Å². The molecule has 2 aromatic carbocycles. The van der Waals surface area contributed by atoms with Crippen LogP contribution in [0.5, 0.6) is 0 Å².